The standard InChI is InChI=1S/C21H24N2O4S/c1-12-7-8-14(9-13(12)2)10-18(25)27-11-17(24)23-21-19(20(22)26)15-5-3-4-6-16(15)28-21/h7-9H,3-6,10-11H2,1-2H3,(H2,22,26)(H,23,24). The number of nitrogens with two attached hydrogens (primary N) is 1. The minimum absolute atomic E-state index is 0.105. The van der Waals surface area contributed by atoms with Crippen LogP contribution in [-0.2, 0) is 33.6 Å². The summed E-state index contributed by atoms with van der Waals surface area (Å²) in [6.45, 7) is 3.59. The molecule has 1 heterocycles. The van der Waals surface area contributed by atoms with Crippen molar-refractivity contribution in [2.45, 2.75) is 46.0 Å². The van der Waals surface area contributed by atoms with Crippen molar-refractivity contribution in [2.24, 2.45) is 5.73 Å². The molecule has 1 aromatic carbocycles. The zero-order valence-corrected chi connectivity index (χ0v) is 16.9. The molecule has 2 amide bonds. The molecule has 2 aromatic rings. The number of anilines is 1. The molecule has 1 aliphatic rings. The molecular formula is C21H24N2O4S. The maximum absolute atomic E-state index is 12.2. The normalized spacial score (nSPS) is 12.9. The molecule has 0 fully saturated rings. The van der Waals surface area contributed by atoms with E-state index < -0.39 is 24.4 Å². The fraction of sp³-hybridized carbons (Fsp3) is 0.381. The summed E-state index contributed by atoms with van der Waals surface area (Å²) in [4.78, 5) is 37.2. The molecule has 0 radical (unpaired) electrons. The van der Waals surface area contributed by atoms with Gasteiger partial charge in [-0.15, -0.1) is 11.3 Å². The summed E-state index contributed by atoms with van der Waals surface area (Å²) in [5.74, 6) is -1.49. The summed E-state index contributed by atoms with van der Waals surface area (Å²) >= 11 is 1.39. The highest BCUT2D eigenvalue weighted by molar-refractivity contribution is 7.17. The van der Waals surface area contributed by atoms with E-state index in [0.29, 0.717) is 10.6 Å². The summed E-state index contributed by atoms with van der Waals surface area (Å²) in [5.41, 5.74) is 9.97. The van der Waals surface area contributed by atoms with Crippen molar-refractivity contribution in [3.05, 3.63) is 50.9 Å². The highest BCUT2D eigenvalue weighted by Crippen LogP contribution is 2.37. The fourth-order valence-corrected chi connectivity index (χ4v) is 4.67. The number of fused-ring (bicyclic) bond motifs is 1. The highest BCUT2D eigenvalue weighted by Gasteiger charge is 2.25. The Bertz CT molecular complexity index is 933. The number of hydrogen-bond donors (Lipinski definition) is 2. The Morgan fingerprint density at radius 3 is 2.61 bits per heavy atom. The third kappa shape index (κ3) is 4.59. The van der Waals surface area contributed by atoms with E-state index in [9.17, 15) is 14.4 Å². The molecule has 1 aliphatic carbocycles. The van der Waals surface area contributed by atoms with E-state index in [1.807, 2.05) is 32.0 Å². The predicted molar refractivity (Wildman–Crippen MR) is 109 cm³/mol. The van der Waals surface area contributed by atoms with Gasteiger partial charge in [0.15, 0.2) is 6.61 Å². The molecule has 0 saturated heterocycles. The van der Waals surface area contributed by atoms with Crippen LogP contribution in [0.1, 0.15) is 50.3 Å². The average molecular weight is 401 g/mol. The number of hydrogen-bond acceptors (Lipinski definition) is 5. The largest absolute Gasteiger partial charge is 0.455 e. The zero-order chi connectivity index (χ0) is 20.3. The summed E-state index contributed by atoms with van der Waals surface area (Å²) in [6.07, 6.45) is 3.86. The number of thiophene rings is 1. The number of carbonyl (C=O) groups is 3. The summed E-state index contributed by atoms with van der Waals surface area (Å²) in [6, 6.07) is 5.76. The summed E-state index contributed by atoms with van der Waals surface area (Å²) < 4.78 is 5.09. The Hall–Kier alpha value is -2.67. The minimum atomic E-state index is -0.540. The molecular weight excluding hydrogens is 376 g/mol. The molecule has 7 heteroatoms. The van der Waals surface area contributed by atoms with Crippen molar-refractivity contribution in [2.75, 3.05) is 11.9 Å². The van der Waals surface area contributed by atoms with Crippen LogP contribution >= 0.6 is 11.3 Å². The number of ether oxygens (including phenoxy) is 1. The van der Waals surface area contributed by atoms with Crippen molar-refractivity contribution in [1.29, 1.82) is 0 Å². The van der Waals surface area contributed by atoms with Gasteiger partial charge >= 0.3 is 5.97 Å². The van der Waals surface area contributed by atoms with Crippen LogP contribution in [0, 0.1) is 13.8 Å². The number of esters is 1. The molecule has 0 atom stereocenters. The minimum Gasteiger partial charge on any atom is -0.455 e. The first-order chi connectivity index (χ1) is 13.3. The van der Waals surface area contributed by atoms with E-state index in [1.54, 1.807) is 0 Å². The van der Waals surface area contributed by atoms with Crippen LogP contribution in [-0.4, -0.2) is 24.4 Å². The molecule has 148 valence electrons. The van der Waals surface area contributed by atoms with Gasteiger partial charge in [0.2, 0.25) is 0 Å². The lowest BCUT2D eigenvalue weighted by atomic mass is 9.95. The number of nitrogens with one attached hydrogen (secondary N) is 1. The Balaban J connectivity index is 1.58. The average Bonchev–Trinajstić information content (AvgIpc) is 3.01. The first kappa shape index (κ1) is 20.1. The van der Waals surface area contributed by atoms with Gasteiger partial charge in [-0.3, -0.25) is 14.4 Å². The topological polar surface area (TPSA) is 98.5 Å². The van der Waals surface area contributed by atoms with Gasteiger partial charge in [0.1, 0.15) is 5.00 Å². The predicted octanol–water partition coefficient (Wildman–Crippen LogP) is 3.07. The zero-order valence-electron chi connectivity index (χ0n) is 16.1. The van der Waals surface area contributed by atoms with Crippen molar-refractivity contribution in [1.82, 2.24) is 0 Å². The van der Waals surface area contributed by atoms with Crippen LogP contribution in [0.15, 0.2) is 18.2 Å². The number of aryl methyl sites for hydroxylation is 3. The number of benzene rings is 1. The third-order valence-corrected chi connectivity index (χ3v) is 6.16. The lowest BCUT2D eigenvalue weighted by Gasteiger charge is -2.11. The number of amides is 2. The van der Waals surface area contributed by atoms with Gasteiger partial charge in [-0.05, 0) is 61.8 Å². The SMILES string of the molecule is Cc1ccc(CC(=O)OCC(=O)Nc2sc3c(c2C(N)=O)CCCC3)cc1C. The molecule has 28 heavy (non-hydrogen) atoms. The maximum atomic E-state index is 12.2. The van der Waals surface area contributed by atoms with Crippen molar-refractivity contribution >= 4 is 34.1 Å². The van der Waals surface area contributed by atoms with Gasteiger partial charge in [-0.25, -0.2) is 0 Å². The van der Waals surface area contributed by atoms with Crippen LogP contribution in [0.3, 0.4) is 0 Å². The second-order valence-corrected chi connectivity index (χ2v) is 8.19. The van der Waals surface area contributed by atoms with Gasteiger partial charge < -0.3 is 15.8 Å². The molecule has 0 aliphatic heterocycles. The molecule has 3 N–H and O–H groups in total. The van der Waals surface area contributed by atoms with Gasteiger partial charge in [0.05, 0.1) is 12.0 Å². The lowest BCUT2D eigenvalue weighted by Crippen LogP contribution is -2.23. The van der Waals surface area contributed by atoms with E-state index in [2.05, 4.69) is 5.32 Å². The van der Waals surface area contributed by atoms with E-state index in [4.69, 9.17) is 10.5 Å². The van der Waals surface area contributed by atoms with E-state index >= 15 is 0 Å². The molecule has 0 saturated carbocycles. The Morgan fingerprint density at radius 2 is 1.89 bits per heavy atom. The lowest BCUT2D eigenvalue weighted by molar-refractivity contribution is -0.146. The van der Waals surface area contributed by atoms with Crippen molar-refractivity contribution in [3.8, 4) is 0 Å². The van der Waals surface area contributed by atoms with Gasteiger partial charge in [-0.2, -0.15) is 0 Å². The van der Waals surface area contributed by atoms with Crippen LogP contribution in [0.4, 0.5) is 5.00 Å². The van der Waals surface area contributed by atoms with Gasteiger partial charge in [-0.1, -0.05) is 18.2 Å². The third-order valence-electron chi connectivity index (χ3n) is 4.95. The van der Waals surface area contributed by atoms with E-state index in [1.165, 1.54) is 11.3 Å². The first-order valence-corrected chi connectivity index (χ1v) is 10.1. The number of carbonyl (C=O) groups excluding carboxylic acids is 3. The maximum Gasteiger partial charge on any atom is 0.310 e. The monoisotopic (exact) mass is 400 g/mol. The van der Waals surface area contributed by atoms with Gasteiger partial charge in [0, 0.05) is 4.88 Å². The number of rotatable bonds is 6. The fourth-order valence-electron chi connectivity index (χ4n) is 3.35. The second-order valence-electron chi connectivity index (χ2n) is 7.08. The van der Waals surface area contributed by atoms with E-state index in [0.717, 1.165) is 52.8 Å². The van der Waals surface area contributed by atoms with Crippen LogP contribution in [0.25, 0.3) is 0 Å². The van der Waals surface area contributed by atoms with Crippen LogP contribution in [0.5, 0.6) is 0 Å². The Labute approximate surface area is 168 Å². The summed E-state index contributed by atoms with van der Waals surface area (Å²) in [7, 11) is 0. The molecule has 6 nitrogen and oxygen atoms in total. The number of primary amides is 1. The van der Waals surface area contributed by atoms with Crippen LogP contribution in [0.2, 0.25) is 0 Å². The van der Waals surface area contributed by atoms with Gasteiger partial charge in [0.25, 0.3) is 11.8 Å². The Morgan fingerprint density at radius 1 is 1.14 bits per heavy atom. The summed E-state index contributed by atoms with van der Waals surface area (Å²) in [5, 5.41) is 3.14. The molecule has 0 unspecified atom stereocenters. The van der Waals surface area contributed by atoms with Crippen molar-refractivity contribution < 1.29 is 19.1 Å². The molecule has 1 aromatic heterocycles. The first-order valence-electron chi connectivity index (χ1n) is 9.31. The molecule has 0 bridgehead atoms. The van der Waals surface area contributed by atoms with Crippen LogP contribution < -0.4 is 11.1 Å². The molecule has 0 spiro atoms. The molecule has 3 rings (SSSR count). The van der Waals surface area contributed by atoms with E-state index in [-0.39, 0.29) is 6.42 Å². The van der Waals surface area contributed by atoms with Crippen molar-refractivity contribution in [3.63, 3.8) is 0 Å². The quantitative estimate of drug-likeness (QED) is 0.728. The Kier molecular flexibility index (Phi) is 6.14. The second kappa shape index (κ2) is 8.56. The highest BCUT2D eigenvalue weighted by atomic mass is 32.1. The smallest absolute Gasteiger partial charge is 0.310 e.